The standard InChI is InChI=1S/C17H14O3/c1-11-14(18)10-16-13(17(11)19-2)8-9-15(20-16)12-6-4-3-5-7-12/h3-10H,1-2H3/p+1. The van der Waals surface area contributed by atoms with Gasteiger partial charge in [-0.25, -0.2) is 4.42 Å². The molecule has 100 valence electrons. The Morgan fingerprint density at radius 3 is 2.50 bits per heavy atom. The second-order valence-corrected chi connectivity index (χ2v) is 4.63. The molecule has 1 heterocycles. The normalized spacial score (nSPS) is 10.7. The zero-order valence-electron chi connectivity index (χ0n) is 11.4. The summed E-state index contributed by atoms with van der Waals surface area (Å²) in [4.78, 5) is 0. The lowest BCUT2D eigenvalue weighted by molar-refractivity contribution is 0.406. The first-order chi connectivity index (χ1) is 9.70. The Bertz CT molecular complexity index is 764. The highest BCUT2D eigenvalue weighted by atomic mass is 16.5. The second-order valence-electron chi connectivity index (χ2n) is 4.63. The van der Waals surface area contributed by atoms with Crippen LogP contribution < -0.4 is 4.74 Å². The maximum atomic E-state index is 9.95. The molecule has 0 amide bonds. The van der Waals surface area contributed by atoms with Gasteiger partial charge < -0.3 is 9.84 Å². The van der Waals surface area contributed by atoms with E-state index >= 15 is 0 Å². The van der Waals surface area contributed by atoms with Crippen LogP contribution in [0, 0.1) is 6.92 Å². The van der Waals surface area contributed by atoms with Crippen molar-refractivity contribution in [1.82, 2.24) is 0 Å². The van der Waals surface area contributed by atoms with Crippen molar-refractivity contribution in [3.63, 3.8) is 0 Å². The number of aromatic hydroxyl groups is 1. The Morgan fingerprint density at radius 1 is 1.05 bits per heavy atom. The van der Waals surface area contributed by atoms with E-state index in [1.54, 1.807) is 13.2 Å². The Kier molecular flexibility index (Phi) is 3.03. The summed E-state index contributed by atoms with van der Waals surface area (Å²) in [7, 11) is 1.59. The van der Waals surface area contributed by atoms with E-state index in [1.165, 1.54) is 0 Å². The van der Waals surface area contributed by atoms with E-state index < -0.39 is 0 Å². The number of rotatable bonds is 2. The summed E-state index contributed by atoms with van der Waals surface area (Å²) in [5.74, 6) is 1.56. The molecule has 3 nitrogen and oxygen atoms in total. The van der Waals surface area contributed by atoms with E-state index in [4.69, 9.17) is 9.15 Å². The van der Waals surface area contributed by atoms with E-state index in [-0.39, 0.29) is 5.75 Å². The Hall–Kier alpha value is -2.55. The molecule has 0 aliphatic rings. The molecule has 0 unspecified atom stereocenters. The van der Waals surface area contributed by atoms with Crippen LogP contribution in [0.15, 0.2) is 52.9 Å². The molecule has 20 heavy (non-hydrogen) atoms. The third kappa shape index (κ3) is 1.97. The van der Waals surface area contributed by atoms with Gasteiger partial charge in [0, 0.05) is 11.6 Å². The SMILES string of the molecule is COc1c(C)c(O)cc2[o+]c(-c3ccccc3)ccc12. The third-order valence-electron chi connectivity index (χ3n) is 3.39. The molecule has 0 radical (unpaired) electrons. The van der Waals surface area contributed by atoms with Gasteiger partial charge in [0.15, 0.2) is 0 Å². The zero-order chi connectivity index (χ0) is 14.1. The van der Waals surface area contributed by atoms with E-state index in [0.29, 0.717) is 16.9 Å². The molecule has 0 bridgehead atoms. The highest BCUT2D eigenvalue weighted by Gasteiger charge is 2.20. The summed E-state index contributed by atoms with van der Waals surface area (Å²) in [6, 6.07) is 15.3. The molecular formula is C17H15O3+. The number of phenols is 1. The van der Waals surface area contributed by atoms with Gasteiger partial charge in [0.2, 0.25) is 0 Å². The summed E-state index contributed by atoms with van der Waals surface area (Å²) in [6.45, 7) is 1.82. The number of fused-ring (bicyclic) bond motifs is 1. The molecular weight excluding hydrogens is 252 g/mol. The van der Waals surface area contributed by atoms with Crippen LogP contribution in [-0.2, 0) is 0 Å². The van der Waals surface area contributed by atoms with Crippen LogP contribution in [0.1, 0.15) is 5.56 Å². The number of ether oxygens (including phenoxy) is 1. The first-order valence-electron chi connectivity index (χ1n) is 6.39. The molecule has 1 aromatic heterocycles. The van der Waals surface area contributed by atoms with Crippen molar-refractivity contribution in [2.75, 3.05) is 7.11 Å². The largest absolute Gasteiger partial charge is 0.507 e. The molecule has 3 heteroatoms. The minimum Gasteiger partial charge on any atom is -0.507 e. The number of phenolic OH excluding ortho intramolecular Hbond substituents is 1. The molecule has 0 fully saturated rings. The van der Waals surface area contributed by atoms with Crippen molar-refractivity contribution < 1.29 is 14.3 Å². The lowest BCUT2D eigenvalue weighted by Gasteiger charge is -2.06. The maximum Gasteiger partial charge on any atom is 0.368 e. The molecule has 3 rings (SSSR count). The Balaban J connectivity index is 2.25. The van der Waals surface area contributed by atoms with Gasteiger partial charge in [0.05, 0.1) is 18.7 Å². The quantitative estimate of drug-likeness (QED) is 0.699. The molecule has 0 saturated heterocycles. The summed E-state index contributed by atoms with van der Waals surface area (Å²) in [5.41, 5.74) is 2.31. The van der Waals surface area contributed by atoms with Gasteiger partial charge in [-0.15, -0.1) is 0 Å². The van der Waals surface area contributed by atoms with Gasteiger partial charge in [-0.1, -0.05) is 18.2 Å². The predicted octanol–water partition coefficient (Wildman–Crippen LogP) is 4.40. The molecule has 0 aliphatic heterocycles. The average molecular weight is 267 g/mol. The Labute approximate surface area is 117 Å². The van der Waals surface area contributed by atoms with Gasteiger partial charge in [-0.05, 0) is 25.1 Å². The summed E-state index contributed by atoms with van der Waals surface area (Å²) >= 11 is 0. The number of hydrogen-bond donors (Lipinski definition) is 1. The van der Waals surface area contributed by atoms with Crippen molar-refractivity contribution >= 4 is 11.0 Å². The fraction of sp³-hybridized carbons (Fsp3) is 0.118. The average Bonchev–Trinajstić information content (AvgIpc) is 2.49. The van der Waals surface area contributed by atoms with Gasteiger partial charge in [-0.3, -0.25) is 0 Å². The molecule has 0 aliphatic carbocycles. The van der Waals surface area contributed by atoms with Crippen molar-refractivity contribution in [2.24, 2.45) is 0 Å². The maximum absolute atomic E-state index is 9.95. The summed E-state index contributed by atoms with van der Waals surface area (Å²) < 4.78 is 11.3. The highest BCUT2D eigenvalue weighted by Crippen LogP contribution is 2.37. The Morgan fingerprint density at radius 2 is 1.80 bits per heavy atom. The van der Waals surface area contributed by atoms with Crippen molar-refractivity contribution in [1.29, 1.82) is 0 Å². The fourth-order valence-electron chi connectivity index (χ4n) is 2.31. The molecule has 1 N–H and O–H groups in total. The summed E-state index contributed by atoms with van der Waals surface area (Å²) in [6.07, 6.45) is 0. The van der Waals surface area contributed by atoms with E-state index in [9.17, 15) is 5.11 Å². The van der Waals surface area contributed by atoms with Crippen LogP contribution in [0.2, 0.25) is 0 Å². The van der Waals surface area contributed by atoms with E-state index in [1.807, 2.05) is 49.4 Å². The van der Waals surface area contributed by atoms with E-state index in [2.05, 4.69) is 0 Å². The fourth-order valence-corrected chi connectivity index (χ4v) is 2.31. The van der Waals surface area contributed by atoms with Crippen LogP contribution >= 0.6 is 0 Å². The monoisotopic (exact) mass is 267 g/mol. The van der Waals surface area contributed by atoms with Crippen LogP contribution in [0.3, 0.4) is 0 Å². The smallest absolute Gasteiger partial charge is 0.368 e. The van der Waals surface area contributed by atoms with Crippen LogP contribution in [-0.4, -0.2) is 12.2 Å². The lowest BCUT2D eigenvalue weighted by atomic mass is 10.1. The molecule has 3 aromatic rings. The molecule has 0 spiro atoms. The summed E-state index contributed by atoms with van der Waals surface area (Å²) in [5, 5.41) is 10.8. The lowest BCUT2D eigenvalue weighted by Crippen LogP contribution is -1.90. The molecule has 2 aromatic carbocycles. The third-order valence-corrected chi connectivity index (χ3v) is 3.39. The molecule has 0 atom stereocenters. The van der Waals surface area contributed by atoms with Gasteiger partial charge in [0.25, 0.3) is 0 Å². The number of methoxy groups -OCH3 is 1. The van der Waals surface area contributed by atoms with Crippen LogP contribution in [0.4, 0.5) is 0 Å². The minimum atomic E-state index is 0.170. The van der Waals surface area contributed by atoms with Gasteiger partial charge in [0.1, 0.15) is 16.9 Å². The van der Waals surface area contributed by atoms with Crippen molar-refractivity contribution in [2.45, 2.75) is 6.92 Å². The first-order valence-corrected chi connectivity index (χ1v) is 6.39. The predicted molar refractivity (Wildman–Crippen MR) is 79.0 cm³/mol. The minimum absolute atomic E-state index is 0.170. The molecule has 0 saturated carbocycles. The van der Waals surface area contributed by atoms with Crippen molar-refractivity contribution in [3.8, 4) is 22.8 Å². The van der Waals surface area contributed by atoms with Crippen molar-refractivity contribution in [3.05, 3.63) is 54.1 Å². The van der Waals surface area contributed by atoms with E-state index in [0.717, 1.165) is 16.7 Å². The van der Waals surface area contributed by atoms with Gasteiger partial charge in [-0.2, -0.15) is 0 Å². The highest BCUT2D eigenvalue weighted by molar-refractivity contribution is 5.88. The van der Waals surface area contributed by atoms with Crippen LogP contribution in [0.5, 0.6) is 11.5 Å². The zero-order valence-corrected chi connectivity index (χ0v) is 11.4. The second kappa shape index (κ2) is 4.85. The van der Waals surface area contributed by atoms with Crippen LogP contribution in [0.25, 0.3) is 22.3 Å². The van der Waals surface area contributed by atoms with Gasteiger partial charge >= 0.3 is 11.3 Å². The first kappa shape index (κ1) is 12.5. The topological polar surface area (TPSA) is 40.8 Å². The number of benzene rings is 2. The number of hydrogen-bond acceptors (Lipinski definition) is 2.